The number of hydrogen-bond donors (Lipinski definition) is 0. The topological polar surface area (TPSA) is 77.7 Å². The van der Waals surface area contributed by atoms with Crippen molar-refractivity contribution >= 4 is 21.0 Å². The third kappa shape index (κ3) is 2.86. The highest BCUT2D eigenvalue weighted by Gasteiger charge is 2.16. The van der Waals surface area contributed by atoms with E-state index in [1.807, 2.05) is 35.8 Å². The highest BCUT2D eigenvalue weighted by atomic mass is 32.2. The van der Waals surface area contributed by atoms with Gasteiger partial charge in [0.1, 0.15) is 17.7 Å². The number of aryl methyl sites for hydroxylation is 1. The quantitative estimate of drug-likeness (QED) is 0.558. The molecule has 0 aliphatic heterocycles. The van der Waals surface area contributed by atoms with Crippen molar-refractivity contribution in [2.45, 2.75) is 11.8 Å². The second-order valence-electron chi connectivity index (χ2n) is 6.13. The van der Waals surface area contributed by atoms with Crippen LogP contribution in [0.2, 0.25) is 0 Å². The lowest BCUT2D eigenvalue weighted by molar-refractivity contribution is 0.602. The maximum atomic E-state index is 11.7. The molecule has 26 heavy (non-hydrogen) atoms. The molecule has 7 heteroatoms. The Morgan fingerprint density at radius 2 is 1.65 bits per heavy atom. The summed E-state index contributed by atoms with van der Waals surface area (Å²) in [5.74, 6) is 0.685. The summed E-state index contributed by atoms with van der Waals surface area (Å²) in [4.78, 5) is 13.4. The number of hydrogen-bond acceptors (Lipinski definition) is 5. The number of aromatic nitrogens is 4. The zero-order valence-electron chi connectivity index (χ0n) is 14.3. The Hall–Kier alpha value is -3.06. The van der Waals surface area contributed by atoms with Gasteiger partial charge in [-0.05, 0) is 43.3 Å². The van der Waals surface area contributed by atoms with E-state index in [1.165, 1.54) is 12.6 Å². The molecule has 0 aliphatic rings. The van der Waals surface area contributed by atoms with Crippen molar-refractivity contribution in [2.75, 3.05) is 6.26 Å². The summed E-state index contributed by atoms with van der Waals surface area (Å²) in [5, 5.41) is 0. The van der Waals surface area contributed by atoms with Crippen LogP contribution in [0.3, 0.4) is 0 Å². The van der Waals surface area contributed by atoms with Crippen molar-refractivity contribution in [3.63, 3.8) is 0 Å². The molecule has 0 fully saturated rings. The van der Waals surface area contributed by atoms with Crippen molar-refractivity contribution in [3.05, 3.63) is 66.6 Å². The monoisotopic (exact) mass is 364 g/mol. The molecular formula is C19H16N4O2S. The molecule has 0 atom stereocenters. The molecule has 0 saturated carbocycles. The molecule has 2 aromatic heterocycles. The zero-order chi connectivity index (χ0) is 18.3. The average molecular weight is 364 g/mol. The molecule has 2 aromatic carbocycles. The summed E-state index contributed by atoms with van der Waals surface area (Å²) in [6.07, 6.45) is 4.35. The number of nitrogens with zero attached hydrogens (tertiary/aromatic N) is 4. The van der Waals surface area contributed by atoms with Gasteiger partial charge >= 0.3 is 0 Å². The van der Waals surface area contributed by atoms with Gasteiger partial charge in [-0.2, -0.15) is 0 Å². The van der Waals surface area contributed by atoms with Crippen LogP contribution in [0, 0.1) is 6.92 Å². The van der Waals surface area contributed by atoms with E-state index in [2.05, 4.69) is 15.0 Å². The molecule has 0 amide bonds. The van der Waals surface area contributed by atoms with Crippen LogP contribution >= 0.6 is 0 Å². The first kappa shape index (κ1) is 16.4. The van der Waals surface area contributed by atoms with Crippen LogP contribution in [0.5, 0.6) is 0 Å². The van der Waals surface area contributed by atoms with E-state index in [9.17, 15) is 8.42 Å². The van der Waals surface area contributed by atoms with Gasteiger partial charge in [-0.1, -0.05) is 17.7 Å². The Kier molecular flexibility index (Phi) is 3.81. The van der Waals surface area contributed by atoms with Crippen LogP contribution < -0.4 is 0 Å². The fraction of sp³-hybridized carbons (Fsp3) is 0.105. The number of rotatable bonds is 3. The Bertz CT molecular complexity index is 1190. The van der Waals surface area contributed by atoms with E-state index >= 15 is 0 Å². The second kappa shape index (κ2) is 6.03. The number of fused-ring (bicyclic) bond motifs is 1. The Morgan fingerprint density at radius 3 is 2.31 bits per heavy atom. The lowest BCUT2D eigenvalue weighted by Gasteiger charge is -2.09. The number of sulfone groups is 1. The summed E-state index contributed by atoms with van der Waals surface area (Å²) >= 11 is 0. The van der Waals surface area contributed by atoms with Crippen molar-refractivity contribution in [1.82, 2.24) is 19.5 Å². The first-order chi connectivity index (χ1) is 12.4. The first-order valence-corrected chi connectivity index (χ1v) is 9.88. The van der Waals surface area contributed by atoms with Gasteiger partial charge in [0.2, 0.25) is 0 Å². The van der Waals surface area contributed by atoms with E-state index in [1.54, 1.807) is 30.5 Å². The normalized spacial score (nSPS) is 11.8. The van der Waals surface area contributed by atoms with Crippen LogP contribution in [-0.4, -0.2) is 34.2 Å². The second-order valence-corrected chi connectivity index (χ2v) is 8.15. The fourth-order valence-electron chi connectivity index (χ4n) is 2.81. The first-order valence-electron chi connectivity index (χ1n) is 7.99. The maximum Gasteiger partial charge on any atom is 0.175 e. The van der Waals surface area contributed by atoms with Crippen molar-refractivity contribution < 1.29 is 8.42 Å². The van der Waals surface area contributed by atoms with Gasteiger partial charge in [-0.25, -0.2) is 23.4 Å². The van der Waals surface area contributed by atoms with E-state index in [0.29, 0.717) is 17.0 Å². The maximum absolute atomic E-state index is 11.7. The Labute approximate surface area is 151 Å². The molecule has 0 N–H and O–H groups in total. The largest absolute Gasteiger partial charge is 0.277 e. The molecule has 2 heterocycles. The van der Waals surface area contributed by atoms with Crippen molar-refractivity contribution in [3.8, 4) is 17.1 Å². The van der Waals surface area contributed by atoms with E-state index in [-0.39, 0.29) is 4.90 Å². The standard InChI is InChI=1S/C19H16N4O2S/c1-13-3-7-15(8-4-13)23-18(22-17-11-20-12-21-19(17)23)14-5-9-16(10-6-14)26(2,24)25/h3-12H,1-2H3. The Morgan fingerprint density at radius 1 is 0.962 bits per heavy atom. The minimum absolute atomic E-state index is 0.277. The van der Waals surface area contributed by atoms with Gasteiger partial charge in [-0.3, -0.25) is 4.57 Å². The number of benzene rings is 2. The molecule has 4 aromatic rings. The SMILES string of the molecule is Cc1ccc(-n2c(-c3ccc(S(C)(=O)=O)cc3)nc3cncnc32)cc1. The molecule has 130 valence electrons. The van der Waals surface area contributed by atoms with E-state index < -0.39 is 9.84 Å². The van der Waals surface area contributed by atoms with Crippen LogP contribution in [0.4, 0.5) is 0 Å². The van der Waals surface area contributed by atoms with Crippen LogP contribution in [0.25, 0.3) is 28.2 Å². The van der Waals surface area contributed by atoms with Gasteiger partial charge in [-0.15, -0.1) is 0 Å². The van der Waals surface area contributed by atoms with Gasteiger partial charge in [0.25, 0.3) is 0 Å². The number of imidazole rings is 1. The lowest BCUT2D eigenvalue weighted by Crippen LogP contribution is -2.00. The highest BCUT2D eigenvalue weighted by molar-refractivity contribution is 7.90. The fourth-order valence-corrected chi connectivity index (χ4v) is 3.45. The van der Waals surface area contributed by atoms with Gasteiger partial charge < -0.3 is 0 Å². The molecular weight excluding hydrogens is 348 g/mol. The van der Waals surface area contributed by atoms with Gasteiger partial charge in [0.15, 0.2) is 15.5 Å². The highest BCUT2D eigenvalue weighted by Crippen LogP contribution is 2.28. The van der Waals surface area contributed by atoms with E-state index in [4.69, 9.17) is 0 Å². The van der Waals surface area contributed by atoms with Crippen LogP contribution in [-0.2, 0) is 9.84 Å². The smallest absolute Gasteiger partial charge is 0.175 e. The third-order valence-electron chi connectivity index (χ3n) is 4.16. The average Bonchev–Trinajstić information content (AvgIpc) is 3.01. The molecule has 4 rings (SSSR count). The predicted molar refractivity (Wildman–Crippen MR) is 99.9 cm³/mol. The Balaban J connectivity index is 1.95. The van der Waals surface area contributed by atoms with E-state index in [0.717, 1.165) is 16.8 Å². The van der Waals surface area contributed by atoms with Crippen molar-refractivity contribution in [1.29, 1.82) is 0 Å². The molecule has 0 radical (unpaired) electrons. The molecule has 0 aliphatic carbocycles. The lowest BCUT2D eigenvalue weighted by atomic mass is 10.2. The zero-order valence-corrected chi connectivity index (χ0v) is 15.1. The van der Waals surface area contributed by atoms with Crippen LogP contribution in [0.15, 0.2) is 66.0 Å². The molecule has 0 bridgehead atoms. The third-order valence-corrected chi connectivity index (χ3v) is 5.28. The molecule has 6 nitrogen and oxygen atoms in total. The summed E-state index contributed by atoms with van der Waals surface area (Å²) in [6.45, 7) is 2.03. The van der Waals surface area contributed by atoms with Gasteiger partial charge in [0.05, 0.1) is 11.1 Å². The van der Waals surface area contributed by atoms with Crippen molar-refractivity contribution in [2.24, 2.45) is 0 Å². The molecule has 0 unspecified atom stereocenters. The predicted octanol–water partition coefficient (Wildman–Crippen LogP) is 3.19. The summed E-state index contributed by atoms with van der Waals surface area (Å²) < 4.78 is 25.4. The summed E-state index contributed by atoms with van der Waals surface area (Å²) in [7, 11) is -3.24. The summed E-state index contributed by atoms with van der Waals surface area (Å²) in [6, 6.07) is 14.8. The minimum Gasteiger partial charge on any atom is -0.277 e. The minimum atomic E-state index is -3.24. The molecule has 0 saturated heterocycles. The summed E-state index contributed by atoms with van der Waals surface area (Å²) in [5.41, 5.74) is 4.27. The van der Waals surface area contributed by atoms with Crippen LogP contribution in [0.1, 0.15) is 5.56 Å². The molecule has 0 spiro atoms. The van der Waals surface area contributed by atoms with Gasteiger partial charge in [0, 0.05) is 17.5 Å².